The van der Waals surface area contributed by atoms with Gasteiger partial charge >= 0.3 is 0 Å². The van der Waals surface area contributed by atoms with Crippen LogP contribution in [0, 0.1) is 5.92 Å². The molecule has 0 aromatic heterocycles. The largest absolute Gasteiger partial charge is 0.311 e. The lowest BCUT2D eigenvalue weighted by Gasteiger charge is -2.30. The van der Waals surface area contributed by atoms with Crippen LogP contribution in [-0.2, 0) is 6.42 Å². The Morgan fingerprint density at radius 3 is 2.37 bits per heavy atom. The van der Waals surface area contributed by atoms with Crippen molar-refractivity contribution in [2.24, 2.45) is 5.92 Å². The third kappa shape index (κ3) is 4.92. The van der Waals surface area contributed by atoms with Crippen LogP contribution in [-0.4, -0.2) is 12.1 Å². The maximum absolute atomic E-state index is 3.80. The van der Waals surface area contributed by atoms with Crippen molar-refractivity contribution in [3.63, 3.8) is 0 Å². The predicted octanol–water partition coefficient (Wildman–Crippen LogP) is 4.94. The number of benzene rings is 1. The molecule has 1 aromatic rings. The van der Waals surface area contributed by atoms with Crippen LogP contribution >= 0.6 is 15.9 Å². The molecule has 0 bridgehead atoms. The van der Waals surface area contributed by atoms with E-state index in [9.17, 15) is 0 Å². The normalized spacial score (nSPS) is 20.2. The third-order valence-corrected chi connectivity index (χ3v) is 4.89. The minimum Gasteiger partial charge on any atom is -0.311 e. The molecule has 1 unspecified atom stereocenters. The van der Waals surface area contributed by atoms with E-state index in [4.69, 9.17) is 0 Å². The number of rotatable bonds is 5. The summed E-state index contributed by atoms with van der Waals surface area (Å²) in [5, 5.41) is 3.80. The van der Waals surface area contributed by atoms with E-state index in [0.29, 0.717) is 12.1 Å². The van der Waals surface area contributed by atoms with Crippen molar-refractivity contribution < 1.29 is 0 Å². The van der Waals surface area contributed by atoms with Gasteiger partial charge in [-0.3, -0.25) is 0 Å². The van der Waals surface area contributed by atoms with Gasteiger partial charge < -0.3 is 5.32 Å². The van der Waals surface area contributed by atoms with Crippen LogP contribution in [0.15, 0.2) is 28.7 Å². The van der Waals surface area contributed by atoms with Gasteiger partial charge in [0.15, 0.2) is 0 Å². The lowest BCUT2D eigenvalue weighted by molar-refractivity contribution is 0.267. The first kappa shape index (κ1) is 15.1. The van der Waals surface area contributed by atoms with Crippen molar-refractivity contribution in [3.8, 4) is 0 Å². The molecular weight excluding hydrogens is 298 g/mol. The highest BCUT2D eigenvalue weighted by Gasteiger charge is 2.20. The molecule has 1 aromatic carbocycles. The van der Waals surface area contributed by atoms with Gasteiger partial charge in [-0.2, -0.15) is 0 Å². The van der Waals surface area contributed by atoms with E-state index >= 15 is 0 Å². The summed E-state index contributed by atoms with van der Waals surface area (Å²) in [5.74, 6) is 0.890. The fourth-order valence-corrected chi connectivity index (χ4v) is 3.52. The van der Waals surface area contributed by atoms with Crippen LogP contribution in [0.3, 0.4) is 0 Å². The molecule has 1 fully saturated rings. The molecule has 1 N–H and O–H groups in total. The van der Waals surface area contributed by atoms with Gasteiger partial charge in [-0.25, -0.2) is 0 Å². The van der Waals surface area contributed by atoms with E-state index in [1.54, 1.807) is 0 Å². The highest BCUT2D eigenvalue weighted by atomic mass is 79.9. The Morgan fingerprint density at radius 2 is 1.74 bits per heavy atom. The minimum absolute atomic E-state index is 0.554. The summed E-state index contributed by atoms with van der Waals surface area (Å²) >= 11 is 3.49. The zero-order valence-corrected chi connectivity index (χ0v) is 13.7. The molecule has 0 amide bonds. The summed E-state index contributed by atoms with van der Waals surface area (Å²) in [6.45, 7) is 4.68. The molecule has 1 aliphatic rings. The van der Waals surface area contributed by atoms with Crippen molar-refractivity contribution >= 4 is 15.9 Å². The smallest absolute Gasteiger partial charge is 0.0175 e. The van der Waals surface area contributed by atoms with Gasteiger partial charge in [0.1, 0.15) is 0 Å². The van der Waals surface area contributed by atoms with E-state index in [0.717, 1.165) is 16.8 Å². The van der Waals surface area contributed by atoms with Crippen molar-refractivity contribution in [3.05, 3.63) is 34.3 Å². The maximum Gasteiger partial charge on any atom is 0.0175 e. The maximum atomic E-state index is 3.80. The van der Waals surface area contributed by atoms with Gasteiger partial charge in [0.2, 0.25) is 0 Å². The van der Waals surface area contributed by atoms with Crippen molar-refractivity contribution in [1.29, 1.82) is 0 Å². The quantitative estimate of drug-likeness (QED) is 0.809. The molecule has 0 radical (unpaired) electrons. The Kier molecular flexibility index (Phi) is 5.90. The molecule has 1 saturated carbocycles. The van der Waals surface area contributed by atoms with Crippen molar-refractivity contribution in [2.75, 3.05) is 0 Å². The van der Waals surface area contributed by atoms with Gasteiger partial charge in [-0.05, 0) is 56.7 Å². The number of nitrogens with one attached hydrogen (secondary N) is 1. The van der Waals surface area contributed by atoms with Gasteiger partial charge in [0, 0.05) is 16.6 Å². The second-order valence-electron chi connectivity index (χ2n) is 6.09. The van der Waals surface area contributed by atoms with Crippen molar-refractivity contribution in [2.45, 2.75) is 64.5 Å². The van der Waals surface area contributed by atoms with E-state index < -0.39 is 0 Å². The number of hydrogen-bond donors (Lipinski definition) is 1. The van der Waals surface area contributed by atoms with Gasteiger partial charge in [0.25, 0.3) is 0 Å². The lowest BCUT2D eigenvalue weighted by Crippen LogP contribution is -2.41. The van der Waals surface area contributed by atoms with E-state index in [2.05, 4.69) is 59.4 Å². The predicted molar refractivity (Wildman–Crippen MR) is 86.5 cm³/mol. The molecule has 2 atom stereocenters. The molecule has 2 heteroatoms. The minimum atomic E-state index is 0.554. The summed E-state index contributed by atoms with van der Waals surface area (Å²) in [5.41, 5.74) is 1.42. The number of halogens is 1. The van der Waals surface area contributed by atoms with Crippen LogP contribution in [0.1, 0.15) is 51.5 Å². The zero-order chi connectivity index (χ0) is 13.7. The van der Waals surface area contributed by atoms with Gasteiger partial charge in [0.05, 0.1) is 0 Å². The standard InChI is InChI=1S/C17H26BrN/c1-13(12-15-8-10-17(18)11-9-15)19-14(2)16-6-4-3-5-7-16/h8-11,13-14,16,19H,3-7,12H2,1-2H3/t13?,14-/m1/s1. The monoisotopic (exact) mass is 323 g/mol. The molecule has 0 aliphatic heterocycles. The zero-order valence-electron chi connectivity index (χ0n) is 12.2. The fraction of sp³-hybridized carbons (Fsp3) is 0.647. The second kappa shape index (κ2) is 7.44. The van der Waals surface area contributed by atoms with Crippen LogP contribution in [0.25, 0.3) is 0 Å². The van der Waals surface area contributed by atoms with Crippen LogP contribution in [0.4, 0.5) is 0 Å². The Morgan fingerprint density at radius 1 is 1.11 bits per heavy atom. The van der Waals surface area contributed by atoms with Crippen molar-refractivity contribution in [1.82, 2.24) is 5.32 Å². The van der Waals surface area contributed by atoms with Crippen LogP contribution < -0.4 is 5.32 Å². The summed E-state index contributed by atoms with van der Waals surface area (Å²) in [4.78, 5) is 0. The highest BCUT2D eigenvalue weighted by Crippen LogP contribution is 2.26. The van der Waals surface area contributed by atoms with Gasteiger partial charge in [-0.1, -0.05) is 47.3 Å². The first-order valence-corrected chi connectivity index (χ1v) is 8.45. The van der Waals surface area contributed by atoms with E-state index in [1.807, 2.05) is 0 Å². The molecule has 1 nitrogen and oxygen atoms in total. The van der Waals surface area contributed by atoms with Gasteiger partial charge in [-0.15, -0.1) is 0 Å². The molecule has 1 aliphatic carbocycles. The highest BCUT2D eigenvalue weighted by molar-refractivity contribution is 9.10. The first-order chi connectivity index (χ1) is 9.15. The Labute approximate surface area is 126 Å². The Bertz CT molecular complexity index is 367. The summed E-state index contributed by atoms with van der Waals surface area (Å²) < 4.78 is 1.16. The summed E-state index contributed by atoms with van der Waals surface area (Å²) in [7, 11) is 0. The summed E-state index contributed by atoms with van der Waals surface area (Å²) in [6, 6.07) is 9.91. The third-order valence-electron chi connectivity index (χ3n) is 4.36. The SMILES string of the molecule is CC(Cc1ccc(Br)cc1)N[C@H](C)C1CCCCC1. The molecule has 0 saturated heterocycles. The molecule has 0 spiro atoms. The molecule has 106 valence electrons. The van der Waals surface area contributed by atoms with E-state index in [-0.39, 0.29) is 0 Å². The lowest BCUT2D eigenvalue weighted by atomic mass is 9.84. The number of hydrogen-bond acceptors (Lipinski definition) is 1. The molecule has 19 heavy (non-hydrogen) atoms. The second-order valence-corrected chi connectivity index (χ2v) is 7.00. The average Bonchev–Trinajstić information content (AvgIpc) is 2.42. The van der Waals surface area contributed by atoms with E-state index in [1.165, 1.54) is 37.7 Å². The first-order valence-electron chi connectivity index (χ1n) is 7.65. The topological polar surface area (TPSA) is 12.0 Å². The molecular formula is C17H26BrN. The fourth-order valence-electron chi connectivity index (χ4n) is 3.25. The average molecular weight is 324 g/mol. The molecule has 2 rings (SSSR count). The molecule has 0 heterocycles. The Balaban J connectivity index is 1.79. The summed E-state index contributed by atoms with van der Waals surface area (Å²) in [6.07, 6.45) is 8.25. The Hall–Kier alpha value is -0.340. The van der Waals surface area contributed by atoms with Crippen LogP contribution in [0.5, 0.6) is 0 Å². The van der Waals surface area contributed by atoms with Crippen LogP contribution in [0.2, 0.25) is 0 Å².